The highest BCUT2D eigenvalue weighted by atomic mass is 31.2. The summed E-state index contributed by atoms with van der Waals surface area (Å²) in [4.78, 5) is 48.7. The third-order valence-electron chi connectivity index (χ3n) is 4.10. The largest absolute Gasteiger partial charge is 0.462 e. The van der Waals surface area contributed by atoms with E-state index in [1.165, 1.54) is 27.7 Å². The average Bonchev–Trinajstić information content (AvgIpc) is 2.78. The van der Waals surface area contributed by atoms with Gasteiger partial charge in [-0.3, -0.25) is 4.90 Å². The number of carbonyl (C=O) groups excluding carboxylic acids is 4. The van der Waals surface area contributed by atoms with Crippen LogP contribution in [0.3, 0.4) is 0 Å². The standard InChI is InChI=1S/C21H38NO12P/c1-7-31-35(32-8-2)13-22(9-11-29-20(27)16(5)33-18(25)14(3)23)10-12-30-21(28)17(6)34-19(26)15(4)24/h14-17,23-24H,7-13H2,1-6H3. The van der Waals surface area contributed by atoms with Gasteiger partial charge < -0.3 is 38.2 Å². The number of esters is 4. The molecular formula is C21H38NO12P. The van der Waals surface area contributed by atoms with E-state index >= 15 is 0 Å². The summed E-state index contributed by atoms with van der Waals surface area (Å²) in [6.45, 7) is 9.95. The maximum absolute atomic E-state index is 12.1. The molecule has 0 aliphatic carbocycles. The molecule has 35 heavy (non-hydrogen) atoms. The summed E-state index contributed by atoms with van der Waals surface area (Å²) in [6, 6.07) is 0. The van der Waals surface area contributed by atoms with E-state index in [1.807, 2.05) is 13.8 Å². The van der Waals surface area contributed by atoms with E-state index in [1.54, 1.807) is 4.90 Å². The van der Waals surface area contributed by atoms with Gasteiger partial charge in [0.1, 0.15) is 25.4 Å². The predicted octanol–water partition coefficient (Wildman–Crippen LogP) is 0.342. The summed E-state index contributed by atoms with van der Waals surface area (Å²) in [7, 11) is -1.28. The van der Waals surface area contributed by atoms with Crippen LogP contribution in [-0.4, -0.2) is 109 Å². The molecule has 13 nitrogen and oxygen atoms in total. The Morgan fingerprint density at radius 2 is 1.09 bits per heavy atom. The summed E-state index contributed by atoms with van der Waals surface area (Å²) < 4.78 is 31.1. The molecule has 14 heteroatoms. The van der Waals surface area contributed by atoms with Gasteiger partial charge in [0.25, 0.3) is 0 Å². The fraction of sp³-hybridized carbons (Fsp3) is 0.810. The van der Waals surface area contributed by atoms with Gasteiger partial charge in [0.15, 0.2) is 20.6 Å². The maximum atomic E-state index is 12.1. The molecule has 0 saturated heterocycles. The fourth-order valence-corrected chi connectivity index (χ4v) is 3.67. The van der Waals surface area contributed by atoms with Gasteiger partial charge in [-0.15, -0.1) is 0 Å². The van der Waals surface area contributed by atoms with Crippen molar-refractivity contribution >= 4 is 32.3 Å². The minimum Gasteiger partial charge on any atom is -0.462 e. The number of rotatable bonds is 18. The molecule has 4 unspecified atom stereocenters. The van der Waals surface area contributed by atoms with E-state index in [4.69, 9.17) is 38.2 Å². The smallest absolute Gasteiger partial charge is 0.347 e. The minimum atomic E-state index is -1.36. The van der Waals surface area contributed by atoms with E-state index in [9.17, 15) is 19.2 Å². The molecule has 0 rings (SSSR count). The molecule has 4 atom stereocenters. The van der Waals surface area contributed by atoms with Crippen LogP contribution in [-0.2, 0) is 47.2 Å². The Morgan fingerprint density at radius 1 is 0.714 bits per heavy atom. The Hall–Kier alpha value is -1.89. The Balaban J connectivity index is 4.84. The summed E-state index contributed by atoms with van der Waals surface area (Å²) in [5.74, 6) is -3.44. The molecule has 0 amide bonds. The van der Waals surface area contributed by atoms with Crippen molar-refractivity contribution in [3.8, 4) is 0 Å². The van der Waals surface area contributed by atoms with Gasteiger partial charge in [-0.2, -0.15) is 0 Å². The van der Waals surface area contributed by atoms with Crippen molar-refractivity contribution in [2.75, 3.05) is 45.8 Å². The van der Waals surface area contributed by atoms with Crippen LogP contribution in [0.25, 0.3) is 0 Å². The van der Waals surface area contributed by atoms with Crippen LogP contribution in [0.2, 0.25) is 0 Å². The number of aliphatic hydroxyl groups excluding tert-OH is 2. The number of hydrogen-bond acceptors (Lipinski definition) is 13. The van der Waals surface area contributed by atoms with Crippen LogP contribution in [0.4, 0.5) is 0 Å². The van der Waals surface area contributed by atoms with Gasteiger partial charge >= 0.3 is 23.9 Å². The molecular weight excluding hydrogens is 489 g/mol. The first-order valence-corrected chi connectivity index (χ1v) is 12.6. The normalized spacial score (nSPS) is 14.7. The Morgan fingerprint density at radius 3 is 1.40 bits per heavy atom. The number of aliphatic hydroxyl groups is 2. The zero-order chi connectivity index (χ0) is 27.0. The number of nitrogens with zero attached hydrogens (tertiary/aromatic N) is 1. The molecule has 0 aromatic heterocycles. The van der Waals surface area contributed by atoms with Crippen LogP contribution >= 0.6 is 8.38 Å². The van der Waals surface area contributed by atoms with Crippen LogP contribution in [0.1, 0.15) is 41.5 Å². The first kappa shape index (κ1) is 33.1. The molecule has 0 fully saturated rings. The third-order valence-corrected chi connectivity index (χ3v) is 5.82. The summed E-state index contributed by atoms with van der Waals surface area (Å²) >= 11 is 0. The lowest BCUT2D eigenvalue weighted by molar-refractivity contribution is -0.172. The molecule has 0 aliphatic rings. The van der Waals surface area contributed by atoms with Crippen molar-refractivity contribution in [1.82, 2.24) is 4.90 Å². The van der Waals surface area contributed by atoms with Crippen molar-refractivity contribution in [3.05, 3.63) is 0 Å². The summed E-state index contributed by atoms with van der Waals surface area (Å²) in [5.41, 5.74) is 0. The Kier molecular flexibility index (Phi) is 17.4. The van der Waals surface area contributed by atoms with Crippen LogP contribution in [0, 0.1) is 0 Å². The highest BCUT2D eigenvalue weighted by molar-refractivity contribution is 7.47. The molecule has 0 aliphatic heterocycles. The SMILES string of the molecule is CCOP(CN(CCOC(=O)C(C)OC(=O)C(C)O)CCOC(=O)C(C)OC(=O)C(C)O)OCC. The van der Waals surface area contributed by atoms with Crippen molar-refractivity contribution in [2.45, 2.75) is 66.0 Å². The lowest BCUT2D eigenvalue weighted by Gasteiger charge is -2.26. The van der Waals surface area contributed by atoms with Crippen molar-refractivity contribution in [1.29, 1.82) is 0 Å². The second-order valence-corrected chi connectivity index (χ2v) is 8.74. The van der Waals surface area contributed by atoms with E-state index in [-0.39, 0.29) is 26.3 Å². The lowest BCUT2D eigenvalue weighted by atomic mass is 10.4. The van der Waals surface area contributed by atoms with E-state index in [2.05, 4.69) is 0 Å². The second kappa shape index (κ2) is 18.4. The van der Waals surface area contributed by atoms with Crippen LogP contribution in [0.5, 0.6) is 0 Å². The van der Waals surface area contributed by atoms with Gasteiger partial charge in [-0.05, 0) is 41.5 Å². The Bertz CT molecular complexity index is 608. The summed E-state index contributed by atoms with van der Waals surface area (Å²) in [5, 5.41) is 18.3. The first-order chi connectivity index (χ1) is 16.4. The second-order valence-electron chi connectivity index (χ2n) is 7.27. The van der Waals surface area contributed by atoms with E-state index in [0.717, 1.165) is 0 Å². The molecule has 0 aromatic rings. The highest BCUT2D eigenvalue weighted by Crippen LogP contribution is 2.38. The van der Waals surface area contributed by atoms with Gasteiger partial charge in [-0.1, -0.05) is 0 Å². The molecule has 0 aromatic carbocycles. The Labute approximate surface area is 206 Å². The summed E-state index contributed by atoms with van der Waals surface area (Å²) in [6.07, 6.45) is -4.77. The van der Waals surface area contributed by atoms with Crippen LogP contribution in [0.15, 0.2) is 0 Å². The number of ether oxygens (including phenoxy) is 4. The van der Waals surface area contributed by atoms with Gasteiger partial charge in [0, 0.05) is 13.1 Å². The number of carbonyl (C=O) groups is 4. The lowest BCUT2D eigenvalue weighted by Crippen LogP contribution is -2.36. The van der Waals surface area contributed by atoms with Gasteiger partial charge in [0.05, 0.1) is 19.5 Å². The van der Waals surface area contributed by atoms with Crippen molar-refractivity contribution in [3.63, 3.8) is 0 Å². The molecule has 0 spiro atoms. The zero-order valence-electron chi connectivity index (χ0n) is 21.1. The predicted molar refractivity (Wildman–Crippen MR) is 123 cm³/mol. The molecule has 0 bridgehead atoms. The molecule has 2 N–H and O–H groups in total. The van der Waals surface area contributed by atoms with Gasteiger partial charge in [0.2, 0.25) is 0 Å². The zero-order valence-corrected chi connectivity index (χ0v) is 22.0. The average molecular weight is 528 g/mol. The van der Waals surface area contributed by atoms with Crippen molar-refractivity contribution < 1.29 is 57.4 Å². The van der Waals surface area contributed by atoms with Crippen molar-refractivity contribution in [2.24, 2.45) is 0 Å². The van der Waals surface area contributed by atoms with E-state index in [0.29, 0.717) is 19.5 Å². The third kappa shape index (κ3) is 15.0. The first-order valence-electron chi connectivity index (χ1n) is 11.3. The minimum absolute atomic E-state index is 0.0623. The van der Waals surface area contributed by atoms with Gasteiger partial charge in [-0.25, -0.2) is 19.2 Å². The monoisotopic (exact) mass is 527 g/mol. The van der Waals surface area contributed by atoms with E-state index < -0.39 is 56.7 Å². The fourth-order valence-electron chi connectivity index (χ4n) is 2.25. The highest BCUT2D eigenvalue weighted by Gasteiger charge is 2.24. The molecule has 0 saturated carbocycles. The van der Waals surface area contributed by atoms with Crippen LogP contribution < -0.4 is 0 Å². The quantitative estimate of drug-likeness (QED) is 0.142. The maximum Gasteiger partial charge on any atom is 0.347 e. The topological polar surface area (TPSA) is 167 Å². The molecule has 204 valence electrons. The molecule has 0 radical (unpaired) electrons. The molecule has 0 heterocycles. The number of hydrogen-bond donors (Lipinski definition) is 2.